The molecule has 1 aliphatic rings. The Morgan fingerprint density at radius 2 is 2.00 bits per heavy atom. The van der Waals surface area contributed by atoms with Crippen molar-refractivity contribution in [3.05, 3.63) is 65.5 Å². The molecule has 162 valence electrons. The van der Waals surface area contributed by atoms with Crippen molar-refractivity contribution in [3.8, 4) is 5.75 Å². The van der Waals surface area contributed by atoms with Crippen LogP contribution in [0.4, 0.5) is 5.69 Å². The van der Waals surface area contributed by atoms with Crippen LogP contribution in [0.3, 0.4) is 0 Å². The zero-order chi connectivity index (χ0) is 21.8. The zero-order valence-electron chi connectivity index (χ0n) is 18.0. The van der Waals surface area contributed by atoms with Gasteiger partial charge in [-0.25, -0.2) is 4.68 Å². The molecule has 7 nitrogen and oxygen atoms in total. The maximum atomic E-state index is 13.3. The third kappa shape index (κ3) is 4.54. The fourth-order valence-corrected chi connectivity index (χ4v) is 4.71. The number of amides is 1. The Balaban J connectivity index is 1.65. The van der Waals surface area contributed by atoms with E-state index >= 15 is 0 Å². The fraction of sp³-hybridized carbons (Fsp3) is 0.348. The number of hydrogen-bond donors (Lipinski definition) is 2. The Morgan fingerprint density at radius 3 is 2.71 bits per heavy atom. The molecule has 0 radical (unpaired) electrons. The molecule has 2 heterocycles. The number of nitrogens with zero attached hydrogens (tertiary/aromatic N) is 3. The number of carbonyl (C=O) groups is 1. The molecule has 31 heavy (non-hydrogen) atoms. The lowest BCUT2D eigenvalue weighted by Gasteiger charge is -2.33. The van der Waals surface area contributed by atoms with E-state index in [0.717, 1.165) is 30.7 Å². The maximum Gasteiger partial charge on any atom is 0.240 e. The lowest BCUT2D eigenvalue weighted by atomic mass is 10.0. The summed E-state index contributed by atoms with van der Waals surface area (Å²) in [6, 6.07) is 15.6. The molecular weight excluding hydrogens is 410 g/mol. The van der Waals surface area contributed by atoms with Crippen LogP contribution in [0.2, 0.25) is 0 Å². The second kappa shape index (κ2) is 9.43. The second-order valence-corrected chi connectivity index (χ2v) is 8.55. The third-order valence-corrected chi connectivity index (χ3v) is 6.54. The molecule has 2 atom stereocenters. The number of ether oxygens (including phenoxy) is 1. The minimum Gasteiger partial charge on any atom is -0.497 e. The van der Waals surface area contributed by atoms with E-state index in [1.807, 2.05) is 28.9 Å². The molecular formula is C23H27N5O2S. The number of nitrogens with one attached hydrogen (secondary N) is 2. The fourth-order valence-electron chi connectivity index (χ4n) is 3.61. The monoisotopic (exact) mass is 437 g/mol. The van der Waals surface area contributed by atoms with Gasteiger partial charge in [-0.3, -0.25) is 4.79 Å². The Labute approximate surface area is 186 Å². The van der Waals surface area contributed by atoms with Crippen molar-refractivity contribution in [2.75, 3.05) is 17.9 Å². The van der Waals surface area contributed by atoms with Crippen LogP contribution in [0.1, 0.15) is 43.3 Å². The molecule has 0 spiro atoms. The third-order valence-electron chi connectivity index (χ3n) is 5.32. The minimum absolute atomic E-state index is 0.0957. The quantitative estimate of drug-likeness (QED) is 0.577. The van der Waals surface area contributed by atoms with Crippen molar-refractivity contribution < 1.29 is 9.53 Å². The molecule has 3 aromatic rings. The number of fused-ring (bicyclic) bond motifs is 1. The molecule has 0 saturated carbocycles. The molecule has 2 N–H and O–H groups in total. The van der Waals surface area contributed by atoms with Crippen LogP contribution in [0, 0.1) is 0 Å². The number of hydrogen-bond acceptors (Lipinski definition) is 6. The summed E-state index contributed by atoms with van der Waals surface area (Å²) in [6.07, 6.45) is 2.77. The normalized spacial score (nSPS) is 17.5. The molecule has 1 aliphatic heterocycles. The highest BCUT2D eigenvalue weighted by Gasteiger charge is 2.37. The van der Waals surface area contributed by atoms with Crippen molar-refractivity contribution in [1.82, 2.24) is 14.9 Å². The van der Waals surface area contributed by atoms with E-state index in [1.165, 1.54) is 17.3 Å². The minimum atomic E-state index is -0.412. The van der Waals surface area contributed by atoms with Crippen LogP contribution >= 0.6 is 11.8 Å². The highest BCUT2D eigenvalue weighted by Crippen LogP contribution is 2.38. The lowest BCUT2D eigenvalue weighted by molar-refractivity contribution is -0.116. The molecule has 4 rings (SSSR count). The number of aromatic nitrogens is 3. The maximum absolute atomic E-state index is 13.3. The van der Waals surface area contributed by atoms with Gasteiger partial charge in [0.25, 0.3) is 0 Å². The van der Waals surface area contributed by atoms with Crippen LogP contribution in [0.25, 0.3) is 0 Å². The van der Waals surface area contributed by atoms with Gasteiger partial charge in [0, 0.05) is 18.2 Å². The molecule has 1 amide bonds. The smallest absolute Gasteiger partial charge is 0.240 e. The summed E-state index contributed by atoms with van der Waals surface area (Å²) in [5.74, 6) is 1.48. The van der Waals surface area contributed by atoms with Gasteiger partial charge < -0.3 is 15.5 Å². The molecule has 0 fully saturated rings. The Morgan fingerprint density at radius 1 is 1.19 bits per heavy atom. The van der Waals surface area contributed by atoms with E-state index in [2.05, 4.69) is 59.1 Å². The number of rotatable bonds is 7. The Bertz CT molecular complexity index is 1050. The van der Waals surface area contributed by atoms with Gasteiger partial charge in [0.2, 0.25) is 11.1 Å². The highest BCUT2D eigenvalue weighted by molar-refractivity contribution is 8.00. The SMILES string of the molecule is CCCc1nnc2n1N[C@H](c1ccc(CC)cc1)[C@@H](C(=O)Nc1cccc(OC)c1)S2. The van der Waals surface area contributed by atoms with Crippen LogP contribution in [-0.4, -0.2) is 33.1 Å². The summed E-state index contributed by atoms with van der Waals surface area (Å²) in [7, 11) is 1.61. The molecule has 0 unspecified atom stereocenters. The van der Waals surface area contributed by atoms with Crippen molar-refractivity contribution in [2.24, 2.45) is 0 Å². The molecule has 1 aromatic heterocycles. The summed E-state index contributed by atoms with van der Waals surface area (Å²) in [4.78, 5) is 13.3. The molecule has 0 bridgehead atoms. The first-order chi connectivity index (χ1) is 15.1. The number of aryl methyl sites for hydroxylation is 2. The van der Waals surface area contributed by atoms with Crippen molar-refractivity contribution in [3.63, 3.8) is 0 Å². The van der Waals surface area contributed by atoms with Gasteiger partial charge in [0.05, 0.1) is 13.2 Å². The first kappa shape index (κ1) is 21.2. The molecule has 2 aromatic carbocycles. The van der Waals surface area contributed by atoms with Gasteiger partial charge in [0.1, 0.15) is 11.0 Å². The van der Waals surface area contributed by atoms with Gasteiger partial charge in [-0.2, -0.15) is 0 Å². The van der Waals surface area contributed by atoms with Crippen LogP contribution in [-0.2, 0) is 17.6 Å². The van der Waals surface area contributed by atoms with Gasteiger partial charge in [-0.1, -0.05) is 55.9 Å². The number of benzene rings is 2. The molecule has 0 saturated heterocycles. The van der Waals surface area contributed by atoms with Crippen molar-refractivity contribution >= 4 is 23.4 Å². The van der Waals surface area contributed by atoms with Gasteiger partial charge >= 0.3 is 0 Å². The average molecular weight is 438 g/mol. The summed E-state index contributed by atoms with van der Waals surface area (Å²) < 4.78 is 7.21. The number of methoxy groups -OCH3 is 1. The summed E-state index contributed by atoms with van der Waals surface area (Å²) in [5.41, 5.74) is 6.52. The number of anilines is 1. The molecule has 0 aliphatic carbocycles. The summed E-state index contributed by atoms with van der Waals surface area (Å²) in [5, 5.41) is 12.0. The van der Waals surface area contributed by atoms with Crippen molar-refractivity contribution in [1.29, 1.82) is 0 Å². The summed E-state index contributed by atoms with van der Waals surface area (Å²) >= 11 is 1.44. The highest BCUT2D eigenvalue weighted by atomic mass is 32.2. The second-order valence-electron chi connectivity index (χ2n) is 7.45. The van der Waals surface area contributed by atoms with Gasteiger partial charge in [-0.05, 0) is 36.1 Å². The summed E-state index contributed by atoms with van der Waals surface area (Å²) in [6.45, 7) is 4.25. The zero-order valence-corrected chi connectivity index (χ0v) is 18.8. The molecule has 8 heteroatoms. The first-order valence-electron chi connectivity index (χ1n) is 10.5. The van der Waals surface area contributed by atoms with E-state index in [9.17, 15) is 4.79 Å². The first-order valence-corrected chi connectivity index (χ1v) is 11.4. The standard InChI is InChI=1S/C23H27N5O2S/c1-4-7-19-25-26-23-28(19)27-20(16-12-10-15(5-2)11-13-16)21(31-23)22(29)24-17-8-6-9-18(14-17)30-3/h6,8-14,20-21,27H,4-5,7H2,1-3H3,(H,24,29)/t20-,21+/m1/s1. The Hall–Kier alpha value is -3.00. The van der Waals surface area contributed by atoms with E-state index in [0.29, 0.717) is 16.6 Å². The average Bonchev–Trinajstić information content (AvgIpc) is 3.20. The van der Waals surface area contributed by atoms with Gasteiger partial charge in [0.15, 0.2) is 5.82 Å². The van der Waals surface area contributed by atoms with E-state index in [1.54, 1.807) is 7.11 Å². The number of thioether (sulfide) groups is 1. The lowest BCUT2D eigenvalue weighted by Crippen LogP contribution is -2.41. The van der Waals surface area contributed by atoms with Gasteiger partial charge in [-0.15, -0.1) is 10.2 Å². The van der Waals surface area contributed by atoms with E-state index < -0.39 is 5.25 Å². The van der Waals surface area contributed by atoms with E-state index in [4.69, 9.17) is 4.74 Å². The van der Waals surface area contributed by atoms with Crippen LogP contribution in [0.5, 0.6) is 5.75 Å². The van der Waals surface area contributed by atoms with E-state index in [-0.39, 0.29) is 11.9 Å². The van der Waals surface area contributed by atoms with Crippen LogP contribution < -0.4 is 15.5 Å². The van der Waals surface area contributed by atoms with Crippen molar-refractivity contribution in [2.45, 2.75) is 49.6 Å². The van der Waals surface area contributed by atoms with Crippen LogP contribution in [0.15, 0.2) is 53.7 Å². The number of carbonyl (C=O) groups excluding carboxylic acids is 1. The topological polar surface area (TPSA) is 81.1 Å². The Kier molecular flexibility index (Phi) is 6.46. The predicted molar refractivity (Wildman–Crippen MR) is 123 cm³/mol. The largest absolute Gasteiger partial charge is 0.497 e. The predicted octanol–water partition coefficient (Wildman–Crippen LogP) is 4.20.